The van der Waals surface area contributed by atoms with Gasteiger partial charge in [-0.2, -0.15) is 0 Å². The van der Waals surface area contributed by atoms with Crippen molar-refractivity contribution in [1.82, 2.24) is 0 Å². The lowest BCUT2D eigenvalue weighted by Gasteiger charge is -2.32. The molecule has 0 heterocycles. The third-order valence-electron chi connectivity index (χ3n) is 17.8. The van der Waals surface area contributed by atoms with Crippen LogP contribution in [-0.2, 0) is 5.41 Å². The highest BCUT2D eigenvalue weighted by Crippen LogP contribution is 2.65. The van der Waals surface area contributed by atoms with Crippen LogP contribution in [0.25, 0.3) is 66.8 Å². The van der Waals surface area contributed by atoms with Crippen LogP contribution in [0.3, 0.4) is 0 Å². The van der Waals surface area contributed by atoms with Crippen molar-refractivity contribution < 1.29 is 0 Å². The average molecular weight is 1120 g/mol. The number of anilines is 9. The van der Waals surface area contributed by atoms with Gasteiger partial charge in [-0.1, -0.05) is 255 Å². The van der Waals surface area contributed by atoms with Crippen LogP contribution in [0, 0.1) is 0 Å². The zero-order valence-corrected chi connectivity index (χ0v) is 48.4. The number of hydrogen-bond acceptors (Lipinski definition) is 3. The summed E-state index contributed by atoms with van der Waals surface area (Å²) in [5, 5.41) is 0. The van der Waals surface area contributed by atoms with Gasteiger partial charge in [-0.25, -0.2) is 0 Å². The molecule has 16 rings (SSSR count). The molecule has 0 saturated heterocycles. The molecule has 0 fully saturated rings. The van der Waals surface area contributed by atoms with Gasteiger partial charge in [-0.15, -0.1) is 0 Å². The zero-order chi connectivity index (χ0) is 58.4. The second-order valence-corrected chi connectivity index (χ2v) is 22.8. The molecular formula is C85H59N3. The summed E-state index contributed by atoms with van der Waals surface area (Å²) in [5.41, 5.74) is 28.4. The van der Waals surface area contributed by atoms with Gasteiger partial charge in [0.25, 0.3) is 0 Å². The van der Waals surface area contributed by atoms with Gasteiger partial charge in [0, 0.05) is 51.2 Å². The van der Waals surface area contributed by atoms with Crippen LogP contribution in [0.15, 0.2) is 358 Å². The molecule has 1 unspecified atom stereocenters. The quantitative estimate of drug-likeness (QED) is 0.114. The Labute approximate surface area is 515 Å². The second kappa shape index (κ2) is 22.2. The Balaban J connectivity index is 0.919. The molecule has 0 radical (unpaired) electrons. The Morgan fingerprint density at radius 1 is 0.159 bits per heavy atom. The maximum atomic E-state index is 2.49. The monoisotopic (exact) mass is 1120 g/mol. The minimum atomic E-state index is -0.642. The summed E-state index contributed by atoms with van der Waals surface area (Å²) in [7, 11) is 0. The highest BCUT2D eigenvalue weighted by molar-refractivity contribution is 6.02. The molecule has 0 saturated carbocycles. The minimum absolute atomic E-state index is 0.642. The second-order valence-electron chi connectivity index (χ2n) is 22.8. The Kier molecular flexibility index (Phi) is 13.1. The summed E-state index contributed by atoms with van der Waals surface area (Å²) in [6, 6.07) is 131. The van der Waals surface area contributed by atoms with E-state index in [2.05, 4.69) is 373 Å². The topological polar surface area (TPSA) is 9.72 Å². The standard InChI is InChI=1S/C85H59N3/c1-7-24-60(25-8-1)63-42-48-70(49-43-63)86(67-30-13-4-14-31-67)73-54-55-78-77-36-19-21-39-80(77)85(83(78)59-73)81-40-22-20-37-79(81)84-76(38-23-41-82(84)85)66-56-74(87(68-32-15-5-16-33-68)71-50-44-64(45-51-71)61-26-9-2-10-27-61)58-75(57-66)88(69-34-17-6-18-35-69)72-52-46-65(47-53-72)62-28-11-3-12-29-62/h1-59H. The first-order valence-electron chi connectivity index (χ1n) is 30.3. The Morgan fingerprint density at radius 2 is 0.466 bits per heavy atom. The molecule has 0 bridgehead atoms. The predicted octanol–water partition coefficient (Wildman–Crippen LogP) is 23.1. The van der Waals surface area contributed by atoms with Crippen molar-refractivity contribution in [2.75, 3.05) is 14.7 Å². The maximum Gasteiger partial charge on any atom is 0.0726 e. The van der Waals surface area contributed by atoms with Crippen LogP contribution in [-0.4, -0.2) is 0 Å². The lowest BCUT2D eigenvalue weighted by Crippen LogP contribution is -2.26. The van der Waals surface area contributed by atoms with Gasteiger partial charge in [-0.05, 0) is 192 Å². The van der Waals surface area contributed by atoms with Crippen molar-refractivity contribution in [2.24, 2.45) is 0 Å². The van der Waals surface area contributed by atoms with E-state index in [1.807, 2.05) is 0 Å². The van der Waals surface area contributed by atoms with Crippen molar-refractivity contribution in [3.8, 4) is 66.8 Å². The largest absolute Gasteiger partial charge is 0.310 e. The number of nitrogens with zero attached hydrogens (tertiary/aromatic N) is 3. The van der Waals surface area contributed by atoms with E-state index in [1.165, 1.54) is 77.9 Å². The fourth-order valence-corrected chi connectivity index (χ4v) is 13.9. The average Bonchev–Trinajstić information content (AvgIpc) is 1.52. The first kappa shape index (κ1) is 52.1. The number of fused-ring (bicyclic) bond motifs is 10. The summed E-state index contributed by atoms with van der Waals surface area (Å²) in [5.74, 6) is 0. The molecule has 2 aliphatic rings. The highest BCUT2D eigenvalue weighted by atomic mass is 15.2. The molecular weight excluding hydrogens is 1060 g/mol. The van der Waals surface area contributed by atoms with Gasteiger partial charge in [-0.3, -0.25) is 0 Å². The van der Waals surface area contributed by atoms with Crippen LogP contribution in [0.4, 0.5) is 51.2 Å². The molecule has 0 aliphatic heterocycles. The molecule has 0 amide bonds. The number of benzene rings is 14. The Morgan fingerprint density at radius 3 is 0.909 bits per heavy atom. The lowest BCUT2D eigenvalue weighted by molar-refractivity contribution is 0.794. The van der Waals surface area contributed by atoms with E-state index in [0.717, 1.165) is 62.3 Å². The zero-order valence-electron chi connectivity index (χ0n) is 48.4. The van der Waals surface area contributed by atoms with Crippen molar-refractivity contribution in [1.29, 1.82) is 0 Å². The van der Waals surface area contributed by atoms with E-state index in [4.69, 9.17) is 0 Å². The molecule has 14 aromatic carbocycles. The number of rotatable bonds is 13. The van der Waals surface area contributed by atoms with Gasteiger partial charge in [0.15, 0.2) is 0 Å². The van der Waals surface area contributed by atoms with Crippen molar-refractivity contribution in [3.05, 3.63) is 380 Å². The minimum Gasteiger partial charge on any atom is -0.310 e. The fraction of sp³-hybridized carbons (Fsp3) is 0.0118. The van der Waals surface area contributed by atoms with E-state index < -0.39 is 5.41 Å². The summed E-state index contributed by atoms with van der Waals surface area (Å²) in [6.07, 6.45) is 0. The van der Waals surface area contributed by atoms with Crippen LogP contribution in [0.2, 0.25) is 0 Å². The fourth-order valence-electron chi connectivity index (χ4n) is 13.9. The third-order valence-corrected chi connectivity index (χ3v) is 17.8. The highest BCUT2D eigenvalue weighted by Gasteiger charge is 2.52. The molecule has 3 nitrogen and oxygen atoms in total. The van der Waals surface area contributed by atoms with Gasteiger partial charge >= 0.3 is 0 Å². The van der Waals surface area contributed by atoms with E-state index in [1.54, 1.807) is 0 Å². The van der Waals surface area contributed by atoms with E-state index in [-0.39, 0.29) is 0 Å². The summed E-state index contributed by atoms with van der Waals surface area (Å²) >= 11 is 0. The van der Waals surface area contributed by atoms with Crippen molar-refractivity contribution >= 4 is 51.2 Å². The predicted molar refractivity (Wildman–Crippen MR) is 369 cm³/mol. The van der Waals surface area contributed by atoms with Crippen LogP contribution < -0.4 is 14.7 Å². The van der Waals surface area contributed by atoms with Crippen molar-refractivity contribution in [3.63, 3.8) is 0 Å². The molecule has 3 heteroatoms. The SMILES string of the molecule is c1ccc(-c2ccc(N(c3ccccc3)c3cc(-c4cccc5c4-c4ccccc4C54c5ccccc5-c5ccc(N(c6ccccc6)c6ccc(-c7ccccc7)cc6)cc54)cc(N(c4ccccc4)c4ccc(-c5ccccc5)cc4)c3)cc2)cc1. The van der Waals surface area contributed by atoms with Gasteiger partial charge in [0.05, 0.1) is 5.41 Å². The molecule has 1 atom stereocenters. The molecule has 2 aliphatic carbocycles. The van der Waals surface area contributed by atoms with Crippen LogP contribution in [0.5, 0.6) is 0 Å². The van der Waals surface area contributed by atoms with E-state index in [9.17, 15) is 0 Å². The first-order chi connectivity index (χ1) is 43.7. The van der Waals surface area contributed by atoms with Crippen LogP contribution in [0.1, 0.15) is 22.3 Å². The molecule has 1 spiro atoms. The maximum absolute atomic E-state index is 2.49. The Hall–Kier alpha value is -11.5. The number of hydrogen-bond donors (Lipinski definition) is 0. The molecule has 88 heavy (non-hydrogen) atoms. The van der Waals surface area contributed by atoms with E-state index >= 15 is 0 Å². The van der Waals surface area contributed by atoms with Gasteiger partial charge in [0.1, 0.15) is 0 Å². The molecule has 14 aromatic rings. The Bertz CT molecular complexity index is 4660. The van der Waals surface area contributed by atoms with Gasteiger partial charge in [0.2, 0.25) is 0 Å². The summed E-state index contributed by atoms with van der Waals surface area (Å²) in [6.45, 7) is 0. The lowest BCUT2D eigenvalue weighted by atomic mass is 9.70. The summed E-state index contributed by atoms with van der Waals surface area (Å²) in [4.78, 5) is 7.25. The number of para-hydroxylation sites is 3. The first-order valence-corrected chi connectivity index (χ1v) is 30.3. The molecule has 0 N–H and O–H groups in total. The van der Waals surface area contributed by atoms with Gasteiger partial charge < -0.3 is 14.7 Å². The molecule has 414 valence electrons. The van der Waals surface area contributed by atoms with Crippen molar-refractivity contribution in [2.45, 2.75) is 5.41 Å². The summed E-state index contributed by atoms with van der Waals surface area (Å²) < 4.78 is 0. The normalized spacial score (nSPS) is 13.3. The van der Waals surface area contributed by atoms with Crippen LogP contribution >= 0.6 is 0 Å². The van der Waals surface area contributed by atoms with E-state index in [0.29, 0.717) is 0 Å². The third kappa shape index (κ3) is 8.99. The smallest absolute Gasteiger partial charge is 0.0726 e. The molecule has 0 aromatic heterocycles.